The molecule has 2 atom stereocenters. The highest BCUT2D eigenvalue weighted by molar-refractivity contribution is 5.95. The van der Waals surface area contributed by atoms with Crippen molar-refractivity contribution >= 4 is 11.5 Å². The van der Waals surface area contributed by atoms with Crippen LogP contribution in [0.25, 0.3) is 5.57 Å². The number of allylic oxidation sites excluding steroid dienone is 2. The highest BCUT2D eigenvalue weighted by Gasteiger charge is 2.46. The topological polar surface area (TPSA) is 89.5 Å². The van der Waals surface area contributed by atoms with Gasteiger partial charge < -0.3 is 34.3 Å². The Balaban J connectivity index is 1.52. The lowest BCUT2D eigenvalue weighted by Crippen LogP contribution is -2.47. The van der Waals surface area contributed by atoms with Crippen molar-refractivity contribution in [3.63, 3.8) is 0 Å². The normalized spacial score (nSPS) is 23.7. The van der Waals surface area contributed by atoms with Crippen LogP contribution in [0.2, 0.25) is 0 Å². The molecule has 188 valence electrons. The number of esters is 1. The third-order valence-electron chi connectivity index (χ3n) is 7.52. The average Bonchev–Trinajstić information content (AvgIpc) is 3.62. The minimum Gasteiger partial charge on any atom is -0.496 e. The number of nitrogens with zero attached hydrogens (tertiary/aromatic N) is 1. The van der Waals surface area contributed by atoms with Gasteiger partial charge in [-0.3, -0.25) is 0 Å². The zero-order valence-electron chi connectivity index (χ0n) is 20.6. The number of methoxy groups -OCH3 is 1. The van der Waals surface area contributed by atoms with E-state index < -0.39 is 11.6 Å². The number of hydrogen-bond donors (Lipinski definition) is 2. The number of hydrogen-bond acceptors (Lipinski definition) is 8. The van der Waals surface area contributed by atoms with Gasteiger partial charge in [-0.25, -0.2) is 4.79 Å². The van der Waals surface area contributed by atoms with E-state index in [1.165, 1.54) is 0 Å². The average molecular weight is 483 g/mol. The van der Waals surface area contributed by atoms with Crippen LogP contribution < -0.4 is 19.5 Å². The van der Waals surface area contributed by atoms with Gasteiger partial charge in [0.2, 0.25) is 5.76 Å². The fourth-order valence-corrected chi connectivity index (χ4v) is 5.56. The third-order valence-corrected chi connectivity index (χ3v) is 7.52. The molecule has 1 aromatic carbocycles. The van der Waals surface area contributed by atoms with Gasteiger partial charge in [0.15, 0.2) is 0 Å². The number of benzene rings is 1. The lowest BCUT2D eigenvalue weighted by atomic mass is 9.81. The van der Waals surface area contributed by atoms with Gasteiger partial charge in [-0.15, -0.1) is 0 Å². The van der Waals surface area contributed by atoms with Crippen LogP contribution >= 0.6 is 0 Å². The van der Waals surface area contributed by atoms with Crippen LogP contribution in [0, 0.1) is 5.92 Å². The molecule has 1 aliphatic carbocycles. The van der Waals surface area contributed by atoms with Gasteiger partial charge in [0, 0.05) is 37.0 Å². The number of fused-ring (bicyclic) bond motifs is 2. The molecule has 2 unspecified atom stereocenters. The van der Waals surface area contributed by atoms with Crippen molar-refractivity contribution in [3.05, 3.63) is 47.5 Å². The Labute approximate surface area is 206 Å². The Hall–Kier alpha value is -3.13. The molecule has 8 heteroatoms. The van der Waals surface area contributed by atoms with Crippen molar-refractivity contribution in [2.24, 2.45) is 5.92 Å². The van der Waals surface area contributed by atoms with Crippen molar-refractivity contribution < 1.29 is 28.8 Å². The highest BCUT2D eigenvalue weighted by Crippen LogP contribution is 2.51. The zero-order chi connectivity index (χ0) is 24.6. The standard InChI is InChI=1S/C27H34N2O6/c1-4-33-26(30)22-13-17(9-11-29-12-10-28-16-29)24-21(34-22)15-20-19(25(24)32-3)14-23(35-20)27(2,31)18-7-5-6-8-18/h9-10,12-13,15,18,23,28,31H,4-8,11,14,16H2,1-3H3. The van der Waals surface area contributed by atoms with E-state index in [-0.39, 0.29) is 24.4 Å². The Kier molecular flexibility index (Phi) is 6.40. The maximum atomic E-state index is 12.6. The summed E-state index contributed by atoms with van der Waals surface area (Å²) in [5.74, 6) is 1.58. The van der Waals surface area contributed by atoms with Crippen LogP contribution in [-0.2, 0) is 16.0 Å². The quantitative estimate of drug-likeness (QED) is 0.571. The predicted octanol–water partition coefficient (Wildman–Crippen LogP) is 3.50. The zero-order valence-corrected chi connectivity index (χ0v) is 20.6. The van der Waals surface area contributed by atoms with Crippen LogP contribution in [0.4, 0.5) is 0 Å². The lowest BCUT2D eigenvalue weighted by Gasteiger charge is -2.35. The first-order valence-electron chi connectivity index (χ1n) is 12.5. The lowest BCUT2D eigenvalue weighted by molar-refractivity contribution is -0.141. The molecule has 1 aromatic rings. The molecule has 1 fully saturated rings. The SMILES string of the molecule is CCOC(=O)C1=CC(=CCN2C=CNC2)c2c(cc3c(c2OC)CC(C(C)(O)C2CCCC2)O3)O1. The van der Waals surface area contributed by atoms with Crippen LogP contribution in [-0.4, -0.2) is 54.6 Å². The summed E-state index contributed by atoms with van der Waals surface area (Å²) in [4.78, 5) is 14.7. The Bertz CT molecular complexity index is 1080. The second-order valence-corrected chi connectivity index (χ2v) is 9.72. The molecule has 2 N–H and O–H groups in total. The molecule has 35 heavy (non-hydrogen) atoms. The predicted molar refractivity (Wildman–Crippen MR) is 131 cm³/mol. The number of nitrogens with one attached hydrogen (secondary N) is 1. The van der Waals surface area contributed by atoms with E-state index in [0.717, 1.165) is 42.4 Å². The Morgan fingerprint density at radius 1 is 1.34 bits per heavy atom. The molecular formula is C27H34N2O6. The summed E-state index contributed by atoms with van der Waals surface area (Å²) in [5, 5.41) is 14.6. The molecule has 0 radical (unpaired) electrons. The van der Waals surface area contributed by atoms with Crippen LogP contribution in [0.3, 0.4) is 0 Å². The summed E-state index contributed by atoms with van der Waals surface area (Å²) < 4.78 is 23.5. The summed E-state index contributed by atoms with van der Waals surface area (Å²) in [5.41, 5.74) is 1.57. The summed E-state index contributed by atoms with van der Waals surface area (Å²) in [7, 11) is 1.63. The van der Waals surface area contributed by atoms with Crippen molar-refractivity contribution in [2.45, 2.75) is 57.7 Å². The van der Waals surface area contributed by atoms with Crippen LogP contribution in [0.5, 0.6) is 17.2 Å². The number of carbonyl (C=O) groups is 1. The molecule has 5 rings (SSSR count). The first-order valence-corrected chi connectivity index (χ1v) is 12.5. The number of carbonyl (C=O) groups excluding carboxylic acids is 1. The van der Waals surface area contributed by atoms with Crippen molar-refractivity contribution in [3.8, 4) is 17.2 Å². The summed E-state index contributed by atoms with van der Waals surface area (Å²) in [6.45, 7) is 5.27. The largest absolute Gasteiger partial charge is 0.496 e. The number of aliphatic hydroxyl groups is 1. The van der Waals surface area contributed by atoms with Gasteiger partial charge in [0.05, 0.1) is 25.9 Å². The highest BCUT2D eigenvalue weighted by atomic mass is 16.6. The van der Waals surface area contributed by atoms with E-state index in [9.17, 15) is 9.90 Å². The Morgan fingerprint density at radius 2 is 2.14 bits per heavy atom. The second-order valence-electron chi connectivity index (χ2n) is 9.72. The van der Waals surface area contributed by atoms with E-state index in [0.29, 0.717) is 36.9 Å². The maximum Gasteiger partial charge on any atom is 0.374 e. The Morgan fingerprint density at radius 3 is 2.83 bits per heavy atom. The van der Waals surface area contributed by atoms with Gasteiger partial charge in [-0.1, -0.05) is 18.9 Å². The first kappa shape index (κ1) is 23.6. The number of ether oxygens (including phenoxy) is 4. The third kappa shape index (κ3) is 4.35. The molecule has 0 saturated heterocycles. The van der Waals surface area contributed by atoms with E-state index in [4.69, 9.17) is 18.9 Å². The molecule has 3 heterocycles. The van der Waals surface area contributed by atoms with E-state index in [1.54, 1.807) is 20.1 Å². The van der Waals surface area contributed by atoms with Crippen LogP contribution in [0.1, 0.15) is 50.7 Å². The summed E-state index contributed by atoms with van der Waals surface area (Å²) in [6, 6.07) is 1.81. The fourth-order valence-electron chi connectivity index (χ4n) is 5.56. The minimum absolute atomic E-state index is 0.121. The smallest absolute Gasteiger partial charge is 0.374 e. The van der Waals surface area contributed by atoms with Gasteiger partial charge in [-0.05, 0) is 44.3 Å². The molecule has 8 nitrogen and oxygen atoms in total. The number of rotatable bonds is 7. The van der Waals surface area contributed by atoms with Crippen molar-refractivity contribution in [2.75, 3.05) is 26.9 Å². The summed E-state index contributed by atoms with van der Waals surface area (Å²) >= 11 is 0. The molecule has 4 aliphatic rings. The molecule has 1 saturated carbocycles. The fraction of sp³-hybridized carbons (Fsp3) is 0.519. The summed E-state index contributed by atoms with van der Waals surface area (Å²) in [6.07, 6.45) is 12.1. The molecular weight excluding hydrogens is 448 g/mol. The van der Waals surface area contributed by atoms with Crippen LogP contribution in [0.15, 0.2) is 36.4 Å². The molecule has 0 amide bonds. The van der Waals surface area contributed by atoms with Gasteiger partial charge in [0.25, 0.3) is 0 Å². The van der Waals surface area contributed by atoms with E-state index in [2.05, 4.69) is 16.3 Å². The van der Waals surface area contributed by atoms with Gasteiger partial charge >= 0.3 is 5.97 Å². The maximum absolute atomic E-state index is 12.6. The molecule has 3 aliphatic heterocycles. The second kappa shape index (κ2) is 9.49. The van der Waals surface area contributed by atoms with Gasteiger partial charge in [0.1, 0.15) is 29.0 Å². The van der Waals surface area contributed by atoms with Crippen molar-refractivity contribution in [1.82, 2.24) is 10.2 Å². The molecule has 0 spiro atoms. The van der Waals surface area contributed by atoms with E-state index >= 15 is 0 Å². The van der Waals surface area contributed by atoms with Crippen molar-refractivity contribution in [1.29, 1.82) is 0 Å². The van der Waals surface area contributed by atoms with Gasteiger partial charge in [-0.2, -0.15) is 0 Å². The first-order chi connectivity index (χ1) is 16.9. The molecule has 0 aromatic heterocycles. The monoisotopic (exact) mass is 482 g/mol. The van der Waals surface area contributed by atoms with E-state index in [1.807, 2.05) is 25.4 Å². The minimum atomic E-state index is -0.940. The molecule has 0 bridgehead atoms.